The van der Waals surface area contributed by atoms with Gasteiger partial charge in [0.05, 0.1) is 17.2 Å². The molecule has 0 spiro atoms. The van der Waals surface area contributed by atoms with Crippen LogP contribution in [0.5, 0.6) is 0 Å². The summed E-state index contributed by atoms with van der Waals surface area (Å²) in [7, 11) is 0. The topological polar surface area (TPSA) is 86.3 Å². The number of benzene rings is 2. The number of unbranched alkanes of at least 4 members (excludes halogenated alkanes) is 1. The van der Waals surface area contributed by atoms with Crippen molar-refractivity contribution in [1.82, 2.24) is 4.98 Å². The monoisotopic (exact) mass is 709 g/mol. The lowest BCUT2D eigenvalue weighted by Gasteiger charge is -2.18. The number of nitrogens with zero attached hydrogens (tertiary/aromatic N) is 3. The molecular formula is C46H64FN3O2. The van der Waals surface area contributed by atoms with Crippen LogP contribution in [0.25, 0.3) is 0 Å². The van der Waals surface area contributed by atoms with E-state index < -0.39 is 5.97 Å². The molecular weight excluding hydrogens is 646 g/mol. The van der Waals surface area contributed by atoms with E-state index in [2.05, 4.69) is 65.2 Å². The summed E-state index contributed by atoms with van der Waals surface area (Å²) >= 11 is 0. The van der Waals surface area contributed by atoms with Gasteiger partial charge in [0.25, 0.3) is 0 Å². The molecule has 0 bridgehead atoms. The molecule has 1 fully saturated rings. The lowest BCUT2D eigenvalue weighted by Crippen LogP contribution is -2.15. The minimum atomic E-state index is -0.867. The molecule has 1 N–H and O–H groups in total. The van der Waals surface area contributed by atoms with Crippen molar-refractivity contribution in [3.63, 3.8) is 0 Å². The van der Waals surface area contributed by atoms with Crippen molar-refractivity contribution in [2.75, 3.05) is 0 Å². The number of nitriles is 1. The Balaban J connectivity index is 0.000000428. The van der Waals surface area contributed by atoms with Gasteiger partial charge in [0, 0.05) is 29.2 Å². The average Bonchev–Trinajstić information content (AvgIpc) is 3.73. The fourth-order valence-electron chi connectivity index (χ4n) is 6.38. The lowest BCUT2D eigenvalue weighted by molar-refractivity contribution is 0.0696. The first-order valence-corrected chi connectivity index (χ1v) is 19.0. The highest BCUT2D eigenvalue weighted by Crippen LogP contribution is 2.63. The van der Waals surface area contributed by atoms with E-state index in [0.717, 1.165) is 29.2 Å². The molecule has 1 aliphatic carbocycles. The van der Waals surface area contributed by atoms with Gasteiger partial charge in [-0.3, -0.25) is 9.98 Å². The number of aromatic nitrogens is 1. The minimum absolute atomic E-state index is 0.235. The number of allylic oxidation sites excluding steroid dienone is 2. The predicted molar refractivity (Wildman–Crippen MR) is 218 cm³/mol. The van der Waals surface area contributed by atoms with Gasteiger partial charge in [0.2, 0.25) is 0 Å². The second-order valence-electron chi connectivity index (χ2n) is 13.9. The molecule has 3 aromatic rings. The van der Waals surface area contributed by atoms with Gasteiger partial charge in [-0.25, -0.2) is 9.18 Å². The number of hydrogen-bond acceptors (Lipinski definition) is 4. The van der Waals surface area contributed by atoms with Crippen molar-refractivity contribution in [3.8, 4) is 6.07 Å². The summed E-state index contributed by atoms with van der Waals surface area (Å²) in [5, 5.41) is 17.5. The molecule has 0 saturated heterocycles. The summed E-state index contributed by atoms with van der Waals surface area (Å²) in [6.45, 7) is 24.8. The molecule has 3 atom stereocenters. The Morgan fingerprint density at radius 2 is 1.73 bits per heavy atom. The van der Waals surface area contributed by atoms with Crippen molar-refractivity contribution in [2.45, 2.75) is 132 Å². The molecule has 1 aliphatic rings. The summed E-state index contributed by atoms with van der Waals surface area (Å²) in [4.78, 5) is 19.5. The molecule has 6 heteroatoms. The Labute approximate surface area is 314 Å². The highest BCUT2D eigenvalue weighted by molar-refractivity contribution is 5.87. The van der Waals surface area contributed by atoms with Crippen molar-refractivity contribution in [3.05, 3.63) is 124 Å². The average molecular weight is 710 g/mol. The van der Waals surface area contributed by atoms with Crippen LogP contribution in [-0.4, -0.2) is 22.3 Å². The zero-order valence-corrected chi connectivity index (χ0v) is 33.7. The fourth-order valence-corrected chi connectivity index (χ4v) is 6.38. The van der Waals surface area contributed by atoms with Gasteiger partial charge < -0.3 is 5.11 Å². The van der Waals surface area contributed by atoms with E-state index in [4.69, 9.17) is 15.4 Å². The second kappa shape index (κ2) is 24.0. The van der Waals surface area contributed by atoms with Crippen LogP contribution in [0.4, 0.5) is 4.39 Å². The smallest absolute Gasteiger partial charge is 0.335 e. The van der Waals surface area contributed by atoms with Crippen LogP contribution < -0.4 is 0 Å². The summed E-state index contributed by atoms with van der Waals surface area (Å²) in [6.07, 6.45) is 13.5. The number of carboxylic acids is 1. The van der Waals surface area contributed by atoms with Gasteiger partial charge in [-0.1, -0.05) is 83.2 Å². The number of aliphatic imine (C=N–C) groups is 1. The van der Waals surface area contributed by atoms with Gasteiger partial charge in [-0.15, -0.1) is 6.58 Å². The maximum Gasteiger partial charge on any atom is 0.335 e. The SMILES string of the molecule is C=C(C)CC.CC=N/C=C(\C)CCCC.CCCC1(c2cccc(CCc3ccc(C#N)cc3F)n2)C(C)C1CC.Cc1ccc(C(=O)O)cc1C. The third-order valence-electron chi connectivity index (χ3n) is 9.91. The van der Waals surface area contributed by atoms with E-state index in [-0.39, 0.29) is 11.2 Å². The molecule has 4 rings (SSSR count). The van der Waals surface area contributed by atoms with Crippen LogP contribution in [0, 0.1) is 42.8 Å². The number of carbonyl (C=O) groups is 1. The Kier molecular flexibility index (Phi) is 21.1. The highest BCUT2D eigenvalue weighted by atomic mass is 19.1. The molecule has 1 aromatic heterocycles. The summed E-state index contributed by atoms with van der Waals surface area (Å²) in [5.74, 6) is 0.241. The fraction of sp³-hybridized carbons (Fsp3) is 0.478. The number of halogens is 1. The first-order chi connectivity index (χ1) is 24.7. The maximum atomic E-state index is 14.1. The van der Waals surface area contributed by atoms with Crippen LogP contribution in [0.2, 0.25) is 0 Å². The van der Waals surface area contributed by atoms with Crippen LogP contribution in [0.15, 0.2) is 83.5 Å². The highest BCUT2D eigenvalue weighted by Gasteiger charge is 2.61. The number of pyridine rings is 1. The van der Waals surface area contributed by atoms with E-state index in [1.165, 1.54) is 61.4 Å². The molecule has 52 heavy (non-hydrogen) atoms. The van der Waals surface area contributed by atoms with Gasteiger partial charge in [0.15, 0.2) is 0 Å². The molecule has 282 valence electrons. The summed E-state index contributed by atoms with van der Waals surface area (Å²) in [5.41, 5.74) is 8.61. The van der Waals surface area contributed by atoms with Crippen LogP contribution in [0.1, 0.15) is 144 Å². The normalized spacial score (nSPS) is 17.4. The molecule has 1 heterocycles. The number of carboxylic acid groups (broad SMARTS) is 1. The zero-order chi connectivity index (χ0) is 39.3. The Hall–Kier alpha value is -4.37. The number of aryl methyl sites for hydroxylation is 4. The second-order valence-corrected chi connectivity index (χ2v) is 13.9. The van der Waals surface area contributed by atoms with Crippen molar-refractivity contribution in [1.29, 1.82) is 5.26 Å². The van der Waals surface area contributed by atoms with Gasteiger partial charge in [-0.05, 0) is 138 Å². The molecule has 5 nitrogen and oxygen atoms in total. The van der Waals surface area contributed by atoms with Crippen molar-refractivity contribution in [2.24, 2.45) is 16.8 Å². The molecule has 1 saturated carbocycles. The standard InChI is InChI=1S/C23H27FN2.C9H17N.C9H10O2.C5H10/c1-4-13-23(16(3)20(23)5-2)22-8-6-7-19(26-22)12-11-18-10-9-17(15-25)14-21(18)24;1-4-6-7-9(3)8-10-5-2;1-6-3-4-8(9(10)11)5-7(6)2;1-4-5(2)3/h6-10,14,16,20H,4-5,11-13H2,1-3H3;5,8H,4,6-7H2,1-3H3;3-5H,1-2H3,(H,10,11);2,4H2,1,3H3/b;9-8+,10-5?;;. The number of hydrogen-bond donors (Lipinski definition) is 1. The molecule has 3 unspecified atom stereocenters. The number of rotatable bonds is 13. The summed E-state index contributed by atoms with van der Waals surface area (Å²) in [6, 6.07) is 18.1. The van der Waals surface area contributed by atoms with E-state index in [1.54, 1.807) is 24.3 Å². The Bertz CT molecular complexity index is 1670. The van der Waals surface area contributed by atoms with E-state index in [9.17, 15) is 9.18 Å². The van der Waals surface area contributed by atoms with Crippen molar-refractivity contribution < 1.29 is 14.3 Å². The van der Waals surface area contributed by atoms with Crippen molar-refractivity contribution >= 4 is 12.2 Å². The largest absolute Gasteiger partial charge is 0.478 e. The minimum Gasteiger partial charge on any atom is -0.478 e. The van der Waals surface area contributed by atoms with Gasteiger partial charge in [-0.2, -0.15) is 5.26 Å². The summed E-state index contributed by atoms with van der Waals surface area (Å²) < 4.78 is 14.1. The molecule has 0 amide bonds. The quantitative estimate of drug-likeness (QED) is 0.141. The molecule has 0 aliphatic heterocycles. The third-order valence-corrected chi connectivity index (χ3v) is 9.91. The van der Waals surface area contributed by atoms with Gasteiger partial charge >= 0.3 is 5.97 Å². The van der Waals surface area contributed by atoms with E-state index >= 15 is 0 Å². The Morgan fingerprint density at radius 1 is 1.04 bits per heavy atom. The zero-order valence-electron chi connectivity index (χ0n) is 33.7. The van der Waals surface area contributed by atoms with E-state index in [0.29, 0.717) is 35.4 Å². The van der Waals surface area contributed by atoms with Gasteiger partial charge in [0.1, 0.15) is 5.82 Å². The molecule has 2 aromatic carbocycles. The van der Waals surface area contributed by atoms with Crippen LogP contribution in [0.3, 0.4) is 0 Å². The van der Waals surface area contributed by atoms with E-state index in [1.807, 2.05) is 58.3 Å². The predicted octanol–water partition coefficient (Wildman–Crippen LogP) is 12.7. The molecule has 0 radical (unpaired) electrons. The lowest BCUT2D eigenvalue weighted by atomic mass is 9.90. The maximum absolute atomic E-state index is 14.1. The number of aromatic carboxylic acids is 1. The first kappa shape index (κ1) is 45.7. The Morgan fingerprint density at radius 3 is 2.23 bits per heavy atom. The van der Waals surface area contributed by atoms with Crippen LogP contribution in [-0.2, 0) is 18.3 Å². The third kappa shape index (κ3) is 14.7. The first-order valence-electron chi connectivity index (χ1n) is 19.0. The van der Waals surface area contributed by atoms with Crippen LogP contribution >= 0.6 is 0 Å².